The fourth-order valence-electron chi connectivity index (χ4n) is 4.21. The molecule has 6 heteroatoms. The number of ether oxygens (including phenoxy) is 1. The number of aryl methyl sites for hydroxylation is 1. The Morgan fingerprint density at radius 3 is 2.37 bits per heavy atom. The lowest BCUT2D eigenvalue weighted by molar-refractivity contribution is -0.157. The average molecular weight is 408 g/mol. The predicted molar refractivity (Wildman–Crippen MR) is 117 cm³/mol. The van der Waals surface area contributed by atoms with Crippen molar-refractivity contribution in [1.29, 1.82) is 0 Å². The highest BCUT2D eigenvalue weighted by molar-refractivity contribution is 6.16. The minimum absolute atomic E-state index is 0.254. The second-order valence-electron chi connectivity index (χ2n) is 8.21. The Hall–Kier alpha value is -2.86. The average Bonchev–Trinajstić information content (AvgIpc) is 2.76. The minimum atomic E-state index is -1.52. The number of benzene rings is 2. The van der Waals surface area contributed by atoms with E-state index in [0.717, 1.165) is 25.3 Å². The zero-order valence-electron chi connectivity index (χ0n) is 17.9. The molecule has 6 nitrogen and oxygen atoms in total. The van der Waals surface area contributed by atoms with E-state index < -0.39 is 5.60 Å². The molecule has 0 bridgehead atoms. The number of amides is 2. The van der Waals surface area contributed by atoms with Crippen molar-refractivity contribution in [2.45, 2.75) is 32.9 Å². The fraction of sp³-hybridized carbons (Fsp3) is 0.417. The third-order valence-corrected chi connectivity index (χ3v) is 6.03. The van der Waals surface area contributed by atoms with E-state index in [1.165, 1.54) is 11.1 Å². The SMILES string of the molecule is CCN1C(=O)C(C)(C(=O)N2CCN(Cc3ccc(C)cc3)CC2)Oc2ccccc21. The molecule has 0 aromatic heterocycles. The molecule has 2 aliphatic rings. The first-order valence-corrected chi connectivity index (χ1v) is 10.6. The molecule has 0 N–H and O–H groups in total. The predicted octanol–water partition coefficient (Wildman–Crippen LogP) is 2.84. The quantitative estimate of drug-likeness (QED) is 0.732. The molecule has 1 atom stereocenters. The van der Waals surface area contributed by atoms with Gasteiger partial charge in [0.15, 0.2) is 0 Å². The number of hydrogen-bond acceptors (Lipinski definition) is 4. The monoisotopic (exact) mass is 407 g/mol. The number of hydrogen-bond donors (Lipinski definition) is 0. The Balaban J connectivity index is 1.44. The van der Waals surface area contributed by atoms with E-state index in [1.54, 1.807) is 16.7 Å². The maximum Gasteiger partial charge on any atom is 0.280 e. The first-order valence-electron chi connectivity index (χ1n) is 10.6. The van der Waals surface area contributed by atoms with Gasteiger partial charge in [-0.1, -0.05) is 42.0 Å². The highest BCUT2D eigenvalue weighted by atomic mass is 16.5. The molecular weight excluding hydrogens is 378 g/mol. The molecular formula is C24H29N3O3. The van der Waals surface area contributed by atoms with E-state index in [4.69, 9.17) is 4.74 Å². The molecule has 1 saturated heterocycles. The van der Waals surface area contributed by atoms with Gasteiger partial charge in [-0.2, -0.15) is 0 Å². The number of anilines is 1. The summed E-state index contributed by atoms with van der Waals surface area (Å²) in [4.78, 5) is 32.3. The number of likely N-dealkylation sites (N-methyl/N-ethyl adjacent to an activating group) is 1. The normalized spacial score (nSPS) is 21.9. The van der Waals surface area contributed by atoms with Gasteiger partial charge in [-0.15, -0.1) is 0 Å². The van der Waals surface area contributed by atoms with E-state index >= 15 is 0 Å². The van der Waals surface area contributed by atoms with Crippen molar-refractivity contribution >= 4 is 17.5 Å². The smallest absolute Gasteiger partial charge is 0.280 e. The molecule has 30 heavy (non-hydrogen) atoms. The van der Waals surface area contributed by atoms with Crippen molar-refractivity contribution in [1.82, 2.24) is 9.80 Å². The highest BCUT2D eigenvalue weighted by Gasteiger charge is 2.52. The van der Waals surface area contributed by atoms with Gasteiger partial charge in [0.05, 0.1) is 5.69 Å². The van der Waals surface area contributed by atoms with Crippen molar-refractivity contribution in [3.8, 4) is 5.75 Å². The van der Waals surface area contributed by atoms with Gasteiger partial charge in [0, 0.05) is 39.3 Å². The van der Waals surface area contributed by atoms with Crippen LogP contribution in [0.5, 0.6) is 5.75 Å². The van der Waals surface area contributed by atoms with Crippen molar-refractivity contribution in [3.63, 3.8) is 0 Å². The van der Waals surface area contributed by atoms with Crippen LogP contribution >= 0.6 is 0 Å². The minimum Gasteiger partial charge on any atom is -0.465 e. The lowest BCUT2D eigenvalue weighted by Crippen LogP contribution is -2.64. The van der Waals surface area contributed by atoms with E-state index in [2.05, 4.69) is 36.1 Å². The molecule has 0 saturated carbocycles. The van der Waals surface area contributed by atoms with Crippen molar-refractivity contribution < 1.29 is 14.3 Å². The summed E-state index contributed by atoms with van der Waals surface area (Å²) in [5.74, 6) is 0.0269. The molecule has 158 valence electrons. The van der Waals surface area contributed by atoms with E-state index in [0.29, 0.717) is 25.4 Å². The number of para-hydroxylation sites is 2. The van der Waals surface area contributed by atoms with E-state index in [1.807, 2.05) is 31.2 Å². The van der Waals surface area contributed by atoms with Gasteiger partial charge in [0.2, 0.25) is 0 Å². The Kier molecular flexibility index (Phi) is 5.52. The maximum atomic E-state index is 13.4. The van der Waals surface area contributed by atoms with Crippen LogP contribution in [0, 0.1) is 6.92 Å². The number of nitrogens with zero attached hydrogens (tertiary/aromatic N) is 3. The third-order valence-electron chi connectivity index (χ3n) is 6.03. The number of rotatable bonds is 4. The van der Waals surface area contributed by atoms with Gasteiger partial charge in [-0.3, -0.25) is 14.5 Å². The van der Waals surface area contributed by atoms with Crippen LogP contribution in [0.25, 0.3) is 0 Å². The van der Waals surface area contributed by atoms with Crippen LogP contribution in [0.2, 0.25) is 0 Å². The Morgan fingerprint density at radius 2 is 1.70 bits per heavy atom. The molecule has 0 aliphatic carbocycles. The fourth-order valence-corrected chi connectivity index (χ4v) is 4.21. The summed E-state index contributed by atoms with van der Waals surface area (Å²) < 4.78 is 6.02. The number of fused-ring (bicyclic) bond motifs is 1. The summed E-state index contributed by atoms with van der Waals surface area (Å²) in [5.41, 5.74) is 1.72. The van der Waals surface area contributed by atoms with Crippen LogP contribution in [0.3, 0.4) is 0 Å². The standard InChI is InChI=1S/C24H29N3O3/c1-4-27-20-7-5-6-8-21(20)30-24(3,23(27)29)22(28)26-15-13-25(14-16-26)17-19-11-9-18(2)10-12-19/h5-12H,4,13-17H2,1-3H3. The lowest BCUT2D eigenvalue weighted by Gasteiger charge is -2.43. The van der Waals surface area contributed by atoms with Crippen LogP contribution in [-0.2, 0) is 16.1 Å². The molecule has 1 unspecified atom stereocenters. The molecule has 2 aromatic carbocycles. The largest absolute Gasteiger partial charge is 0.465 e. The molecule has 0 radical (unpaired) electrons. The molecule has 4 rings (SSSR count). The second-order valence-corrected chi connectivity index (χ2v) is 8.21. The maximum absolute atomic E-state index is 13.4. The van der Waals surface area contributed by atoms with Gasteiger partial charge >= 0.3 is 0 Å². The molecule has 1 fully saturated rings. The Bertz CT molecular complexity index is 935. The van der Waals surface area contributed by atoms with Crippen LogP contribution in [0.15, 0.2) is 48.5 Å². The summed E-state index contributed by atoms with van der Waals surface area (Å²) in [5, 5.41) is 0. The summed E-state index contributed by atoms with van der Waals surface area (Å²) in [6.07, 6.45) is 0. The van der Waals surface area contributed by atoms with E-state index in [9.17, 15) is 9.59 Å². The van der Waals surface area contributed by atoms with Gasteiger partial charge in [0.1, 0.15) is 5.75 Å². The Morgan fingerprint density at radius 1 is 1.03 bits per heavy atom. The molecule has 2 amide bonds. The third kappa shape index (κ3) is 3.67. The number of carbonyl (C=O) groups is 2. The highest BCUT2D eigenvalue weighted by Crippen LogP contribution is 2.38. The lowest BCUT2D eigenvalue weighted by atomic mass is 9.98. The molecule has 0 spiro atoms. The molecule has 2 heterocycles. The van der Waals surface area contributed by atoms with Crippen LogP contribution in [0.4, 0.5) is 5.69 Å². The summed E-state index contributed by atoms with van der Waals surface area (Å²) in [7, 11) is 0. The van der Waals surface area contributed by atoms with Crippen molar-refractivity contribution in [2.75, 3.05) is 37.6 Å². The van der Waals surface area contributed by atoms with E-state index in [-0.39, 0.29) is 11.8 Å². The topological polar surface area (TPSA) is 53.1 Å². The summed E-state index contributed by atoms with van der Waals surface area (Å²) >= 11 is 0. The molecule has 2 aromatic rings. The van der Waals surface area contributed by atoms with Crippen molar-refractivity contribution in [2.24, 2.45) is 0 Å². The first kappa shape index (κ1) is 20.4. The second kappa shape index (κ2) is 8.11. The van der Waals surface area contributed by atoms with Crippen LogP contribution < -0.4 is 9.64 Å². The number of carbonyl (C=O) groups excluding carboxylic acids is 2. The zero-order chi connectivity index (χ0) is 21.3. The van der Waals surface area contributed by atoms with Crippen LogP contribution in [-0.4, -0.2) is 59.9 Å². The van der Waals surface area contributed by atoms with Crippen molar-refractivity contribution in [3.05, 3.63) is 59.7 Å². The van der Waals surface area contributed by atoms with Gasteiger partial charge < -0.3 is 14.5 Å². The number of piperazine rings is 1. The van der Waals surface area contributed by atoms with Gasteiger partial charge in [-0.05, 0) is 38.5 Å². The Labute approximate surface area is 178 Å². The van der Waals surface area contributed by atoms with Gasteiger partial charge in [0.25, 0.3) is 17.4 Å². The summed E-state index contributed by atoms with van der Waals surface area (Å²) in [6, 6.07) is 15.9. The zero-order valence-corrected chi connectivity index (χ0v) is 17.9. The molecule has 2 aliphatic heterocycles. The first-order chi connectivity index (χ1) is 14.4. The van der Waals surface area contributed by atoms with Crippen LogP contribution in [0.1, 0.15) is 25.0 Å². The van der Waals surface area contributed by atoms with Gasteiger partial charge in [-0.25, -0.2) is 0 Å². The summed E-state index contributed by atoms with van der Waals surface area (Å²) in [6.45, 7) is 9.69.